The number of rotatable bonds is 6. The Kier molecular flexibility index (Phi) is 9.05. The highest BCUT2D eigenvalue weighted by molar-refractivity contribution is 14.0. The van der Waals surface area contributed by atoms with E-state index in [0.717, 1.165) is 25.3 Å². The summed E-state index contributed by atoms with van der Waals surface area (Å²) in [5.41, 5.74) is -0.357. The van der Waals surface area contributed by atoms with Crippen molar-refractivity contribution in [2.45, 2.75) is 56.4 Å². The molecule has 0 bridgehead atoms. The average Bonchev–Trinajstić information content (AvgIpc) is 2.57. The summed E-state index contributed by atoms with van der Waals surface area (Å²) < 4.78 is 62.8. The Balaban J connectivity index is 0.00000450. The molecule has 1 fully saturated rings. The first-order valence-corrected chi connectivity index (χ1v) is 11.3. The van der Waals surface area contributed by atoms with Crippen molar-refractivity contribution < 1.29 is 21.6 Å². The summed E-state index contributed by atoms with van der Waals surface area (Å²) in [7, 11) is -1.68. The third kappa shape index (κ3) is 6.48. The number of nitrogens with one attached hydrogen (secondary N) is 2. The predicted octanol–water partition coefficient (Wildman–Crippen LogP) is 4.12. The van der Waals surface area contributed by atoms with E-state index < -0.39 is 26.3 Å². The van der Waals surface area contributed by atoms with E-state index in [1.165, 1.54) is 12.1 Å². The van der Waals surface area contributed by atoms with Gasteiger partial charge in [0.2, 0.25) is 0 Å². The van der Waals surface area contributed by atoms with Crippen LogP contribution in [0.2, 0.25) is 0 Å². The minimum absolute atomic E-state index is 0. The second-order valence-corrected chi connectivity index (χ2v) is 11.4. The number of alkyl halides is 3. The lowest BCUT2D eigenvalue weighted by atomic mass is 9.64. The van der Waals surface area contributed by atoms with Crippen LogP contribution in [-0.4, -0.2) is 45.0 Å². The highest BCUT2D eigenvalue weighted by Gasteiger charge is 2.40. The van der Waals surface area contributed by atoms with Gasteiger partial charge in [-0.2, -0.15) is 13.2 Å². The van der Waals surface area contributed by atoms with Gasteiger partial charge in [0.15, 0.2) is 15.8 Å². The Morgan fingerprint density at radius 1 is 1.17 bits per heavy atom. The maximum Gasteiger partial charge on any atom is 0.416 e. The minimum atomic E-state index is -4.37. The fourth-order valence-corrected chi connectivity index (χ4v) is 4.26. The van der Waals surface area contributed by atoms with Crippen LogP contribution in [0.25, 0.3) is 0 Å². The molecule has 0 heterocycles. The molecule has 5 nitrogen and oxygen atoms in total. The van der Waals surface area contributed by atoms with E-state index in [1.807, 2.05) is 0 Å². The number of sulfone groups is 1. The van der Waals surface area contributed by atoms with Gasteiger partial charge in [0.1, 0.15) is 0 Å². The Hall–Kier alpha value is -1.04. The van der Waals surface area contributed by atoms with Crippen LogP contribution in [0.3, 0.4) is 0 Å². The van der Waals surface area contributed by atoms with E-state index >= 15 is 0 Å². The summed E-state index contributed by atoms with van der Waals surface area (Å²) in [6.45, 7) is 5.61. The van der Waals surface area contributed by atoms with Crippen molar-refractivity contribution in [1.82, 2.24) is 10.6 Å². The van der Waals surface area contributed by atoms with Gasteiger partial charge in [-0.3, -0.25) is 4.99 Å². The number of nitrogens with zero attached hydrogens (tertiary/aromatic N) is 1. The molecule has 1 saturated carbocycles. The molecule has 0 aliphatic heterocycles. The van der Waals surface area contributed by atoms with Gasteiger partial charge in [0.25, 0.3) is 0 Å². The second-order valence-electron chi connectivity index (χ2n) is 8.50. The number of halogens is 4. The number of hydrogen-bond acceptors (Lipinski definition) is 3. The number of guanidine groups is 1. The standard InChI is InChI=1S/C20H30F3N3O2S.HI/c1-18(2,3)29(27,28)12-11-25-17(24-4)26-14-19(9-6-10-19)15-7-5-8-16(13-15)20(21,22)23;/h5,7-8,13H,6,9-12,14H2,1-4H3,(H2,24,25,26);1H. The van der Waals surface area contributed by atoms with Crippen LogP contribution < -0.4 is 10.6 Å². The molecule has 0 unspecified atom stereocenters. The Bertz CT molecular complexity index is 846. The van der Waals surface area contributed by atoms with Crippen molar-refractivity contribution in [1.29, 1.82) is 0 Å². The molecule has 0 atom stereocenters. The first-order valence-electron chi connectivity index (χ1n) is 9.65. The zero-order chi connectivity index (χ0) is 21.9. The van der Waals surface area contributed by atoms with Gasteiger partial charge in [0, 0.05) is 25.6 Å². The lowest BCUT2D eigenvalue weighted by Crippen LogP contribution is -2.49. The van der Waals surface area contributed by atoms with Crippen LogP contribution >= 0.6 is 24.0 Å². The topological polar surface area (TPSA) is 70.6 Å². The van der Waals surface area contributed by atoms with Crippen LogP contribution in [0.15, 0.2) is 29.3 Å². The van der Waals surface area contributed by atoms with Crippen molar-refractivity contribution in [2.24, 2.45) is 4.99 Å². The minimum Gasteiger partial charge on any atom is -0.356 e. The van der Waals surface area contributed by atoms with Crippen LogP contribution in [0.5, 0.6) is 0 Å². The normalized spacial score (nSPS) is 17.0. The fraction of sp³-hybridized carbons (Fsp3) is 0.650. The van der Waals surface area contributed by atoms with Crippen molar-refractivity contribution in [3.8, 4) is 0 Å². The summed E-state index contributed by atoms with van der Waals surface area (Å²) >= 11 is 0. The molecule has 30 heavy (non-hydrogen) atoms. The van der Waals surface area contributed by atoms with Crippen molar-refractivity contribution >= 4 is 39.8 Å². The van der Waals surface area contributed by atoms with E-state index in [-0.39, 0.29) is 41.7 Å². The molecular weight excluding hydrogens is 530 g/mol. The van der Waals surface area contributed by atoms with Gasteiger partial charge in [-0.25, -0.2) is 8.42 Å². The highest BCUT2D eigenvalue weighted by Crippen LogP contribution is 2.44. The summed E-state index contributed by atoms with van der Waals surface area (Å²) in [5, 5.41) is 6.14. The summed E-state index contributed by atoms with van der Waals surface area (Å²) in [6.07, 6.45) is -1.84. The molecule has 0 amide bonds. The van der Waals surface area contributed by atoms with E-state index in [1.54, 1.807) is 33.9 Å². The van der Waals surface area contributed by atoms with Crippen molar-refractivity contribution in [3.63, 3.8) is 0 Å². The van der Waals surface area contributed by atoms with Crippen molar-refractivity contribution in [2.75, 3.05) is 25.9 Å². The average molecular weight is 561 g/mol. The number of hydrogen-bond donors (Lipinski definition) is 2. The monoisotopic (exact) mass is 561 g/mol. The zero-order valence-electron chi connectivity index (χ0n) is 17.8. The molecule has 10 heteroatoms. The molecule has 1 aliphatic carbocycles. The SMILES string of the molecule is CN=C(NCCS(=O)(=O)C(C)(C)C)NCC1(c2cccc(C(F)(F)F)c2)CCC1.I. The summed E-state index contributed by atoms with van der Waals surface area (Å²) in [4.78, 5) is 4.10. The largest absolute Gasteiger partial charge is 0.416 e. The zero-order valence-corrected chi connectivity index (χ0v) is 20.9. The fourth-order valence-electron chi connectivity index (χ4n) is 3.28. The summed E-state index contributed by atoms with van der Waals surface area (Å²) in [6, 6.07) is 5.50. The molecule has 2 rings (SSSR count). The van der Waals surface area contributed by atoms with Gasteiger partial charge in [0.05, 0.1) is 16.1 Å². The third-order valence-electron chi connectivity index (χ3n) is 5.53. The van der Waals surface area contributed by atoms with E-state index in [4.69, 9.17) is 0 Å². The van der Waals surface area contributed by atoms with Gasteiger partial charge < -0.3 is 10.6 Å². The quantitative estimate of drug-likeness (QED) is 0.312. The molecule has 1 aromatic carbocycles. The maximum atomic E-state index is 13.1. The molecule has 0 saturated heterocycles. The summed E-state index contributed by atoms with van der Waals surface area (Å²) in [5.74, 6) is 0.406. The van der Waals surface area contributed by atoms with Gasteiger partial charge in [-0.05, 0) is 45.2 Å². The van der Waals surface area contributed by atoms with E-state index in [0.29, 0.717) is 18.1 Å². The van der Waals surface area contributed by atoms with Crippen molar-refractivity contribution in [3.05, 3.63) is 35.4 Å². The Labute approximate surface area is 194 Å². The lowest BCUT2D eigenvalue weighted by molar-refractivity contribution is -0.137. The molecule has 0 radical (unpaired) electrons. The van der Waals surface area contributed by atoms with E-state index in [9.17, 15) is 21.6 Å². The first-order chi connectivity index (χ1) is 13.3. The molecule has 1 aliphatic rings. The lowest BCUT2D eigenvalue weighted by Gasteiger charge is -2.43. The van der Waals surface area contributed by atoms with Crippen LogP contribution in [0.4, 0.5) is 13.2 Å². The molecular formula is C20H31F3IN3O2S. The second kappa shape index (κ2) is 10.1. The first kappa shape index (κ1) is 27.0. The molecule has 172 valence electrons. The Morgan fingerprint density at radius 3 is 2.27 bits per heavy atom. The van der Waals surface area contributed by atoms with Crippen LogP contribution in [0, 0.1) is 0 Å². The van der Waals surface area contributed by atoms with Gasteiger partial charge in [-0.1, -0.05) is 24.6 Å². The Morgan fingerprint density at radius 2 is 1.80 bits per heavy atom. The highest BCUT2D eigenvalue weighted by atomic mass is 127. The molecule has 1 aromatic rings. The van der Waals surface area contributed by atoms with Gasteiger partial charge >= 0.3 is 6.18 Å². The van der Waals surface area contributed by atoms with Gasteiger partial charge in [-0.15, -0.1) is 24.0 Å². The third-order valence-corrected chi connectivity index (χ3v) is 8.13. The van der Waals surface area contributed by atoms with Crippen LogP contribution in [0.1, 0.15) is 51.2 Å². The molecule has 0 aromatic heterocycles. The number of benzene rings is 1. The number of aliphatic imine (C=N–C) groups is 1. The smallest absolute Gasteiger partial charge is 0.356 e. The van der Waals surface area contributed by atoms with Crippen LogP contribution in [-0.2, 0) is 21.4 Å². The van der Waals surface area contributed by atoms with E-state index in [2.05, 4.69) is 15.6 Å². The molecule has 0 spiro atoms. The molecule has 2 N–H and O–H groups in total. The predicted molar refractivity (Wildman–Crippen MR) is 125 cm³/mol. The maximum absolute atomic E-state index is 13.1.